The maximum Gasteiger partial charge on any atom is 0.163 e. The van der Waals surface area contributed by atoms with E-state index in [9.17, 15) is 9.18 Å². The number of carbonyl (C=O) groups is 1. The van der Waals surface area contributed by atoms with Crippen molar-refractivity contribution in [2.45, 2.75) is 26.7 Å². The molecule has 1 aromatic heterocycles. The highest BCUT2D eigenvalue weighted by Gasteiger charge is 2.14. The van der Waals surface area contributed by atoms with E-state index in [4.69, 9.17) is 0 Å². The monoisotopic (exact) mass is 231 g/mol. The first-order chi connectivity index (χ1) is 8.15. The summed E-state index contributed by atoms with van der Waals surface area (Å²) in [5.74, 6) is -0.804. The molecule has 2 rings (SSSR count). The van der Waals surface area contributed by atoms with Gasteiger partial charge in [-0.3, -0.25) is 9.78 Å². The van der Waals surface area contributed by atoms with Gasteiger partial charge in [-0.2, -0.15) is 0 Å². The Bertz CT molecular complexity index is 578. The number of hydrogen-bond donors (Lipinski definition) is 0. The zero-order valence-corrected chi connectivity index (χ0v) is 9.96. The third kappa shape index (κ3) is 2.05. The van der Waals surface area contributed by atoms with E-state index in [1.807, 2.05) is 12.1 Å². The molecule has 2 aromatic rings. The van der Waals surface area contributed by atoms with E-state index in [-0.39, 0.29) is 11.3 Å². The van der Waals surface area contributed by atoms with Crippen molar-refractivity contribution in [2.24, 2.45) is 0 Å². The minimum Gasteiger partial charge on any atom is -0.294 e. The molecule has 0 fully saturated rings. The fourth-order valence-electron chi connectivity index (χ4n) is 2.09. The smallest absolute Gasteiger partial charge is 0.163 e. The molecule has 0 saturated heterocycles. The van der Waals surface area contributed by atoms with Crippen LogP contribution in [-0.2, 0) is 6.42 Å². The van der Waals surface area contributed by atoms with Gasteiger partial charge in [-0.25, -0.2) is 4.39 Å². The molecular weight excluding hydrogens is 217 g/mol. The van der Waals surface area contributed by atoms with E-state index in [0.29, 0.717) is 5.39 Å². The number of nitrogens with zero attached hydrogens (tertiary/aromatic N) is 1. The highest BCUT2D eigenvalue weighted by molar-refractivity contribution is 6.06. The normalized spacial score (nSPS) is 10.8. The largest absolute Gasteiger partial charge is 0.294 e. The summed E-state index contributed by atoms with van der Waals surface area (Å²) in [4.78, 5) is 15.6. The third-order valence-electron chi connectivity index (χ3n) is 2.81. The molecule has 1 heterocycles. The number of pyridine rings is 1. The van der Waals surface area contributed by atoms with Crippen LogP contribution in [0, 0.1) is 5.82 Å². The van der Waals surface area contributed by atoms with Crippen LogP contribution in [0.5, 0.6) is 0 Å². The van der Waals surface area contributed by atoms with Crippen molar-refractivity contribution in [1.29, 1.82) is 0 Å². The zero-order valence-electron chi connectivity index (χ0n) is 9.96. The van der Waals surface area contributed by atoms with Gasteiger partial charge in [-0.1, -0.05) is 31.5 Å². The number of benzene rings is 1. The average Bonchev–Trinajstić information content (AvgIpc) is 2.28. The third-order valence-corrected chi connectivity index (χ3v) is 2.81. The summed E-state index contributed by atoms with van der Waals surface area (Å²) < 4.78 is 13.6. The van der Waals surface area contributed by atoms with E-state index in [0.717, 1.165) is 30.1 Å². The highest BCUT2D eigenvalue weighted by Crippen LogP contribution is 2.23. The molecule has 0 aliphatic carbocycles. The summed E-state index contributed by atoms with van der Waals surface area (Å²) >= 11 is 0. The second-order valence-corrected chi connectivity index (χ2v) is 4.10. The number of rotatable bonds is 3. The van der Waals surface area contributed by atoms with Crippen LogP contribution in [0.2, 0.25) is 0 Å². The molecule has 1 aromatic carbocycles. The van der Waals surface area contributed by atoms with Crippen LogP contribution in [0.1, 0.15) is 36.2 Å². The van der Waals surface area contributed by atoms with Crippen LogP contribution in [0.15, 0.2) is 24.4 Å². The van der Waals surface area contributed by atoms with Gasteiger partial charge in [0.25, 0.3) is 0 Å². The molecule has 0 radical (unpaired) electrons. The molecule has 17 heavy (non-hydrogen) atoms. The second-order valence-electron chi connectivity index (χ2n) is 4.10. The Hall–Kier alpha value is -1.77. The van der Waals surface area contributed by atoms with E-state index in [1.165, 1.54) is 6.92 Å². The van der Waals surface area contributed by atoms with Gasteiger partial charge in [0.1, 0.15) is 0 Å². The van der Waals surface area contributed by atoms with Crippen LogP contribution in [-0.4, -0.2) is 10.8 Å². The number of carbonyl (C=O) groups excluding carboxylic acids is 1. The predicted molar refractivity (Wildman–Crippen MR) is 65.7 cm³/mol. The minimum absolute atomic E-state index is 0.146. The molecular formula is C14H14FNO. The Morgan fingerprint density at radius 2 is 2.18 bits per heavy atom. The first-order valence-electron chi connectivity index (χ1n) is 5.72. The lowest BCUT2D eigenvalue weighted by atomic mass is 10.0. The summed E-state index contributed by atoms with van der Waals surface area (Å²) in [7, 11) is 0. The number of aromatic nitrogens is 1. The maximum atomic E-state index is 13.6. The van der Waals surface area contributed by atoms with Crippen LogP contribution >= 0.6 is 0 Å². The molecule has 2 nitrogen and oxygen atoms in total. The minimum atomic E-state index is -0.543. The second kappa shape index (κ2) is 4.62. The van der Waals surface area contributed by atoms with E-state index < -0.39 is 5.82 Å². The van der Waals surface area contributed by atoms with Gasteiger partial charge in [0, 0.05) is 5.39 Å². The van der Waals surface area contributed by atoms with Gasteiger partial charge in [-0.05, 0) is 18.9 Å². The van der Waals surface area contributed by atoms with Gasteiger partial charge in [0.2, 0.25) is 0 Å². The summed E-state index contributed by atoms with van der Waals surface area (Å²) in [5.41, 5.74) is 1.95. The van der Waals surface area contributed by atoms with Crippen molar-refractivity contribution in [3.63, 3.8) is 0 Å². The van der Waals surface area contributed by atoms with Crippen molar-refractivity contribution in [2.75, 3.05) is 0 Å². The van der Waals surface area contributed by atoms with Crippen LogP contribution in [0.25, 0.3) is 10.9 Å². The first kappa shape index (κ1) is 11.7. The number of halogens is 1. The number of fused-ring (bicyclic) bond motifs is 1. The number of Topliss-reactive ketones (excluding diaryl/α,β-unsaturated/α-hetero) is 1. The Balaban J connectivity index is 2.78. The van der Waals surface area contributed by atoms with E-state index in [1.54, 1.807) is 6.07 Å². The van der Waals surface area contributed by atoms with Crippen molar-refractivity contribution >= 4 is 16.7 Å². The molecule has 88 valence electrons. The Morgan fingerprint density at radius 3 is 2.82 bits per heavy atom. The molecule has 0 aliphatic rings. The molecule has 0 unspecified atom stereocenters. The molecule has 0 N–H and O–H groups in total. The van der Waals surface area contributed by atoms with Gasteiger partial charge in [0.15, 0.2) is 11.6 Å². The molecule has 0 amide bonds. The fourth-order valence-corrected chi connectivity index (χ4v) is 2.09. The van der Waals surface area contributed by atoms with Crippen LogP contribution in [0.4, 0.5) is 4.39 Å². The Morgan fingerprint density at radius 1 is 1.41 bits per heavy atom. The van der Waals surface area contributed by atoms with Crippen molar-refractivity contribution in [1.82, 2.24) is 4.98 Å². The van der Waals surface area contributed by atoms with Gasteiger partial charge >= 0.3 is 0 Å². The van der Waals surface area contributed by atoms with Gasteiger partial charge in [-0.15, -0.1) is 0 Å². The van der Waals surface area contributed by atoms with Gasteiger partial charge in [0.05, 0.1) is 17.3 Å². The topological polar surface area (TPSA) is 30.0 Å². The fraction of sp³-hybridized carbons (Fsp3) is 0.286. The molecule has 0 atom stereocenters. The molecule has 3 heteroatoms. The Kier molecular flexibility index (Phi) is 3.18. The summed E-state index contributed by atoms with van der Waals surface area (Å²) in [6.07, 6.45) is 3.01. The SMILES string of the molecule is CCCc1cccc2c(C(C)=O)c(F)cnc12. The lowest BCUT2D eigenvalue weighted by molar-refractivity contribution is 0.101. The van der Waals surface area contributed by atoms with Gasteiger partial charge < -0.3 is 0 Å². The molecule has 0 spiro atoms. The predicted octanol–water partition coefficient (Wildman–Crippen LogP) is 3.53. The number of ketones is 1. The molecule has 0 aliphatic heterocycles. The lowest BCUT2D eigenvalue weighted by Crippen LogP contribution is -2.01. The Labute approximate surface area is 99.5 Å². The quantitative estimate of drug-likeness (QED) is 0.756. The summed E-state index contributed by atoms with van der Waals surface area (Å²) in [6.45, 7) is 3.46. The number of hydrogen-bond acceptors (Lipinski definition) is 2. The lowest BCUT2D eigenvalue weighted by Gasteiger charge is -2.08. The molecule has 0 saturated carbocycles. The first-order valence-corrected chi connectivity index (χ1v) is 5.72. The number of para-hydroxylation sites is 1. The van der Waals surface area contributed by atoms with Crippen molar-refractivity contribution < 1.29 is 9.18 Å². The molecule has 0 bridgehead atoms. The van der Waals surface area contributed by atoms with Crippen molar-refractivity contribution in [3.8, 4) is 0 Å². The highest BCUT2D eigenvalue weighted by atomic mass is 19.1. The standard InChI is InChI=1S/C14H14FNO/c1-3-5-10-6-4-7-11-13(9(2)17)12(15)8-16-14(10)11/h4,6-8H,3,5H2,1-2H3. The summed E-state index contributed by atoms with van der Waals surface area (Å²) in [6, 6.07) is 5.57. The zero-order chi connectivity index (χ0) is 12.4. The van der Waals surface area contributed by atoms with Crippen LogP contribution < -0.4 is 0 Å². The van der Waals surface area contributed by atoms with E-state index >= 15 is 0 Å². The van der Waals surface area contributed by atoms with Crippen LogP contribution in [0.3, 0.4) is 0 Å². The van der Waals surface area contributed by atoms with Crippen molar-refractivity contribution in [3.05, 3.63) is 41.3 Å². The summed E-state index contributed by atoms with van der Waals surface area (Å²) in [5, 5.41) is 0.614. The number of aryl methyl sites for hydroxylation is 1. The van der Waals surface area contributed by atoms with E-state index in [2.05, 4.69) is 11.9 Å². The maximum absolute atomic E-state index is 13.6. The average molecular weight is 231 g/mol.